The van der Waals surface area contributed by atoms with E-state index in [1.807, 2.05) is 32.2 Å². The molecule has 7 nitrogen and oxygen atoms in total. The average molecular weight is 371 g/mol. The van der Waals surface area contributed by atoms with E-state index < -0.39 is 0 Å². The second kappa shape index (κ2) is 9.41. The van der Waals surface area contributed by atoms with Crippen LogP contribution in [0.3, 0.4) is 0 Å². The van der Waals surface area contributed by atoms with Gasteiger partial charge in [0.1, 0.15) is 11.5 Å². The summed E-state index contributed by atoms with van der Waals surface area (Å²) in [6.45, 7) is 7.52. The number of aromatic nitrogens is 1. The van der Waals surface area contributed by atoms with Crippen LogP contribution in [-0.2, 0) is 13.0 Å². The van der Waals surface area contributed by atoms with Gasteiger partial charge in [0.05, 0.1) is 5.69 Å². The number of phenols is 1. The summed E-state index contributed by atoms with van der Waals surface area (Å²) in [6, 6.07) is 9.42. The lowest BCUT2D eigenvalue weighted by atomic mass is 10.1. The van der Waals surface area contributed by atoms with Crippen molar-refractivity contribution < 1.29 is 9.63 Å². The Hall–Kier alpha value is -2.54. The number of piperazine rings is 1. The van der Waals surface area contributed by atoms with Crippen molar-refractivity contribution in [2.45, 2.75) is 26.3 Å². The van der Waals surface area contributed by atoms with Crippen LogP contribution in [0, 0.1) is 6.92 Å². The van der Waals surface area contributed by atoms with Gasteiger partial charge in [-0.15, -0.1) is 0 Å². The minimum atomic E-state index is 0.315. The Morgan fingerprint density at radius 2 is 1.96 bits per heavy atom. The number of nitrogens with one attached hydrogen (secondary N) is 1. The maximum absolute atomic E-state index is 9.33. The first-order valence-corrected chi connectivity index (χ1v) is 9.52. The van der Waals surface area contributed by atoms with Crippen LogP contribution < -0.4 is 5.32 Å². The highest BCUT2D eigenvalue weighted by atomic mass is 16.5. The predicted molar refractivity (Wildman–Crippen MR) is 106 cm³/mol. The number of benzene rings is 1. The molecule has 0 aliphatic carbocycles. The minimum Gasteiger partial charge on any atom is -0.508 e. The lowest BCUT2D eigenvalue weighted by Gasteiger charge is -2.36. The molecule has 1 fully saturated rings. The van der Waals surface area contributed by atoms with Crippen LogP contribution in [0.2, 0.25) is 0 Å². The van der Waals surface area contributed by atoms with E-state index in [0.717, 1.165) is 69.5 Å². The van der Waals surface area contributed by atoms with Crippen LogP contribution in [0.5, 0.6) is 5.75 Å². The fourth-order valence-corrected chi connectivity index (χ4v) is 3.33. The van der Waals surface area contributed by atoms with Gasteiger partial charge >= 0.3 is 0 Å². The highest BCUT2D eigenvalue weighted by Crippen LogP contribution is 2.11. The Balaban J connectivity index is 1.37. The summed E-state index contributed by atoms with van der Waals surface area (Å²) < 4.78 is 5.15. The number of aryl methyl sites for hydroxylation is 2. The Morgan fingerprint density at radius 1 is 1.22 bits per heavy atom. The van der Waals surface area contributed by atoms with Crippen molar-refractivity contribution in [1.82, 2.24) is 20.3 Å². The molecule has 2 aromatic rings. The zero-order valence-electron chi connectivity index (χ0n) is 16.2. The topological polar surface area (TPSA) is 77.1 Å². The smallest absolute Gasteiger partial charge is 0.193 e. The average Bonchev–Trinajstić information content (AvgIpc) is 3.09. The van der Waals surface area contributed by atoms with Crippen LogP contribution in [-0.4, -0.2) is 65.8 Å². The monoisotopic (exact) mass is 371 g/mol. The third kappa shape index (κ3) is 5.72. The molecule has 146 valence electrons. The SMILES string of the molecule is CN=C(NCCCc1ccc(O)cc1)N1CCN(Cc2cc(C)on2)CC1. The van der Waals surface area contributed by atoms with E-state index in [2.05, 4.69) is 25.3 Å². The molecule has 1 aliphatic rings. The largest absolute Gasteiger partial charge is 0.508 e. The van der Waals surface area contributed by atoms with Gasteiger partial charge in [0.15, 0.2) is 5.96 Å². The Kier molecular flexibility index (Phi) is 6.70. The number of rotatable bonds is 6. The zero-order chi connectivity index (χ0) is 19.1. The molecule has 0 atom stereocenters. The van der Waals surface area contributed by atoms with Gasteiger partial charge in [-0.25, -0.2) is 0 Å². The molecule has 7 heteroatoms. The van der Waals surface area contributed by atoms with E-state index in [1.165, 1.54) is 5.56 Å². The quantitative estimate of drug-likeness (QED) is 0.460. The summed E-state index contributed by atoms with van der Waals surface area (Å²) >= 11 is 0. The molecular formula is C20H29N5O2. The van der Waals surface area contributed by atoms with Crippen LogP contribution in [0.4, 0.5) is 0 Å². The molecule has 27 heavy (non-hydrogen) atoms. The minimum absolute atomic E-state index is 0.315. The maximum Gasteiger partial charge on any atom is 0.193 e. The first-order valence-electron chi connectivity index (χ1n) is 9.52. The lowest BCUT2D eigenvalue weighted by Crippen LogP contribution is -2.52. The Bertz CT molecular complexity index is 733. The number of hydrogen-bond donors (Lipinski definition) is 2. The van der Waals surface area contributed by atoms with Crippen molar-refractivity contribution >= 4 is 5.96 Å². The number of aliphatic imine (C=N–C) groups is 1. The van der Waals surface area contributed by atoms with Crippen LogP contribution in [0.1, 0.15) is 23.4 Å². The Morgan fingerprint density at radius 3 is 2.59 bits per heavy atom. The molecule has 0 saturated carbocycles. The molecule has 2 N–H and O–H groups in total. The van der Waals surface area contributed by atoms with Gasteiger partial charge < -0.3 is 19.8 Å². The van der Waals surface area contributed by atoms with Crippen molar-refractivity contribution in [3.8, 4) is 5.75 Å². The Labute approximate surface area is 160 Å². The predicted octanol–water partition coefficient (Wildman–Crippen LogP) is 2.01. The van der Waals surface area contributed by atoms with E-state index in [1.54, 1.807) is 12.1 Å². The van der Waals surface area contributed by atoms with E-state index in [0.29, 0.717) is 5.75 Å². The van der Waals surface area contributed by atoms with Gasteiger partial charge in [-0.2, -0.15) is 0 Å². The second-order valence-electron chi connectivity index (χ2n) is 6.94. The first-order chi connectivity index (χ1) is 13.1. The number of nitrogens with zero attached hydrogens (tertiary/aromatic N) is 4. The molecule has 2 heterocycles. The fourth-order valence-electron chi connectivity index (χ4n) is 3.33. The summed E-state index contributed by atoms with van der Waals surface area (Å²) in [7, 11) is 1.84. The van der Waals surface area contributed by atoms with E-state index in [4.69, 9.17) is 4.52 Å². The number of phenolic OH excluding ortho intramolecular Hbond substituents is 1. The van der Waals surface area contributed by atoms with Crippen molar-refractivity contribution in [2.75, 3.05) is 39.8 Å². The summed E-state index contributed by atoms with van der Waals surface area (Å²) in [6.07, 6.45) is 2.00. The zero-order valence-corrected chi connectivity index (χ0v) is 16.2. The molecular weight excluding hydrogens is 342 g/mol. The van der Waals surface area contributed by atoms with Crippen LogP contribution >= 0.6 is 0 Å². The number of hydrogen-bond acceptors (Lipinski definition) is 5. The maximum atomic E-state index is 9.33. The number of guanidine groups is 1. The normalized spacial score (nSPS) is 15.9. The van der Waals surface area contributed by atoms with Crippen LogP contribution in [0.15, 0.2) is 39.8 Å². The first kappa shape index (κ1) is 19.2. The van der Waals surface area contributed by atoms with Crippen molar-refractivity contribution in [1.29, 1.82) is 0 Å². The van der Waals surface area contributed by atoms with E-state index >= 15 is 0 Å². The van der Waals surface area contributed by atoms with Crippen molar-refractivity contribution in [3.05, 3.63) is 47.3 Å². The lowest BCUT2D eigenvalue weighted by molar-refractivity contribution is 0.169. The summed E-state index contributed by atoms with van der Waals surface area (Å²) in [5, 5.41) is 16.9. The molecule has 1 aromatic heterocycles. The van der Waals surface area contributed by atoms with Gasteiger partial charge in [-0.05, 0) is 37.5 Å². The highest BCUT2D eigenvalue weighted by molar-refractivity contribution is 5.79. The third-order valence-corrected chi connectivity index (χ3v) is 4.81. The standard InChI is InChI=1S/C20H29N5O2/c1-16-14-18(23-27-16)15-24-10-12-25(13-11-24)20(21-2)22-9-3-4-17-5-7-19(26)8-6-17/h5-8,14,26H,3-4,9-13,15H2,1-2H3,(H,21,22). The summed E-state index contributed by atoms with van der Waals surface area (Å²) in [4.78, 5) is 9.14. The van der Waals surface area contributed by atoms with Gasteiger partial charge in [-0.1, -0.05) is 17.3 Å². The van der Waals surface area contributed by atoms with Gasteiger partial charge in [0.25, 0.3) is 0 Å². The third-order valence-electron chi connectivity index (χ3n) is 4.81. The molecule has 0 unspecified atom stereocenters. The molecule has 0 spiro atoms. The molecule has 0 bridgehead atoms. The molecule has 1 aromatic carbocycles. The summed E-state index contributed by atoms with van der Waals surface area (Å²) in [5.41, 5.74) is 2.24. The van der Waals surface area contributed by atoms with E-state index in [-0.39, 0.29) is 0 Å². The van der Waals surface area contributed by atoms with Gasteiger partial charge in [0.2, 0.25) is 0 Å². The molecule has 1 saturated heterocycles. The van der Waals surface area contributed by atoms with E-state index in [9.17, 15) is 5.11 Å². The molecule has 3 rings (SSSR count). The summed E-state index contributed by atoms with van der Waals surface area (Å²) in [5.74, 6) is 2.15. The van der Waals surface area contributed by atoms with Crippen molar-refractivity contribution in [2.24, 2.45) is 4.99 Å². The second-order valence-corrected chi connectivity index (χ2v) is 6.94. The van der Waals surface area contributed by atoms with Crippen molar-refractivity contribution in [3.63, 3.8) is 0 Å². The molecule has 0 radical (unpaired) electrons. The van der Waals surface area contributed by atoms with Gasteiger partial charge in [0, 0.05) is 52.4 Å². The fraction of sp³-hybridized carbons (Fsp3) is 0.500. The molecule has 0 amide bonds. The van der Waals surface area contributed by atoms with Crippen LogP contribution in [0.25, 0.3) is 0 Å². The molecule has 1 aliphatic heterocycles. The highest BCUT2D eigenvalue weighted by Gasteiger charge is 2.20. The van der Waals surface area contributed by atoms with Gasteiger partial charge in [-0.3, -0.25) is 9.89 Å². The number of aromatic hydroxyl groups is 1.